The molecule has 0 amide bonds. The molecule has 0 aromatic carbocycles. The molecule has 0 radical (unpaired) electrons. The van der Waals surface area contributed by atoms with Gasteiger partial charge in [-0.05, 0) is 41.4 Å². The first-order chi connectivity index (χ1) is 8.25. The molecule has 0 aliphatic rings. The molecule has 6 heteroatoms. The SMILES string of the molecule is O=[N+]([O-])c1ccc(CNCCc2ccsc2)o1. The molecule has 90 valence electrons. The molecule has 2 aromatic heterocycles. The predicted octanol–water partition coefficient (Wildman–Crippen LogP) is 2.58. The number of hydrogen-bond acceptors (Lipinski definition) is 5. The van der Waals surface area contributed by atoms with E-state index in [1.165, 1.54) is 11.6 Å². The first-order valence-corrected chi connectivity index (χ1v) is 6.15. The van der Waals surface area contributed by atoms with E-state index >= 15 is 0 Å². The first-order valence-electron chi connectivity index (χ1n) is 5.20. The quantitative estimate of drug-likeness (QED) is 0.487. The topological polar surface area (TPSA) is 68.3 Å². The monoisotopic (exact) mass is 252 g/mol. The van der Waals surface area contributed by atoms with Crippen molar-refractivity contribution >= 4 is 17.2 Å². The van der Waals surface area contributed by atoms with Crippen molar-refractivity contribution in [3.63, 3.8) is 0 Å². The second kappa shape index (κ2) is 5.60. The second-order valence-corrected chi connectivity index (χ2v) is 4.34. The normalized spacial score (nSPS) is 10.6. The van der Waals surface area contributed by atoms with Gasteiger partial charge in [0.1, 0.15) is 10.7 Å². The Kier molecular flexibility index (Phi) is 3.89. The van der Waals surface area contributed by atoms with Crippen LogP contribution in [0.3, 0.4) is 0 Å². The van der Waals surface area contributed by atoms with Crippen LogP contribution in [0.2, 0.25) is 0 Å². The Morgan fingerprint density at radius 1 is 1.41 bits per heavy atom. The number of nitrogens with zero attached hydrogens (tertiary/aromatic N) is 1. The van der Waals surface area contributed by atoms with Crippen molar-refractivity contribution in [2.75, 3.05) is 6.54 Å². The van der Waals surface area contributed by atoms with Crippen molar-refractivity contribution in [3.05, 3.63) is 50.4 Å². The van der Waals surface area contributed by atoms with Crippen LogP contribution in [0.1, 0.15) is 11.3 Å². The molecule has 0 spiro atoms. The van der Waals surface area contributed by atoms with Crippen LogP contribution in [0.15, 0.2) is 33.4 Å². The van der Waals surface area contributed by atoms with Gasteiger partial charge in [-0.3, -0.25) is 10.1 Å². The van der Waals surface area contributed by atoms with Crippen LogP contribution < -0.4 is 5.32 Å². The fourth-order valence-corrected chi connectivity index (χ4v) is 2.14. The van der Waals surface area contributed by atoms with E-state index in [4.69, 9.17) is 4.42 Å². The molecule has 1 N–H and O–H groups in total. The average Bonchev–Trinajstić information content (AvgIpc) is 2.96. The van der Waals surface area contributed by atoms with Crippen LogP contribution in [0.4, 0.5) is 5.88 Å². The van der Waals surface area contributed by atoms with Crippen LogP contribution in [0.25, 0.3) is 0 Å². The van der Waals surface area contributed by atoms with Gasteiger partial charge < -0.3 is 9.73 Å². The Bertz CT molecular complexity index is 479. The van der Waals surface area contributed by atoms with Gasteiger partial charge in [-0.15, -0.1) is 0 Å². The lowest BCUT2D eigenvalue weighted by Gasteiger charge is -2.00. The van der Waals surface area contributed by atoms with Crippen molar-refractivity contribution in [2.24, 2.45) is 0 Å². The first kappa shape index (κ1) is 11.8. The highest BCUT2D eigenvalue weighted by Gasteiger charge is 2.10. The lowest BCUT2D eigenvalue weighted by atomic mass is 10.2. The number of nitrogens with one attached hydrogen (secondary N) is 1. The third kappa shape index (κ3) is 3.40. The average molecular weight is 252 g/mol. The van der Waals surface area contributed by atoms with Crippen molar-refractivity contribution in [2.45, 2.75) is 13.0 Å². The Labute approximate surface area is 102 Å². The summed E-state index contributed by atoms with van der Waals surface area (Å²) in [4.78, 5) is 9.86. The van der Waals surface area contributed by atoms with Crippen LogP contribution in [-0.4, -0.2) is 11.5 Å². The number of thiophene rings is 1. The maximum Gasteiger partial charge on any atom is 0.433 e. The molecule has 2 aromatic rings. The van der Waals surface area contributed by atoms with Crippen LogP contribution in [0, 0.1) is 10.1 Å². The highest BCUT2D eigenvalue weighted by molar-refractivity contribution is 7.07. The molecule has 5 nitrogen and oxygen atoms in total. The minimum atomic E-state index is -0.533. The maximum absolute atomic E-state index is 10.4. The summed E-state index contributed by atoms with van der Waals surface area (Å²) in [6.45, 7) is 1.34. The lowest BCUT2D eigenvalue weighted by Crippen LogP contribution is -2.15. The Hall–Kier alpha value is -1.66. The van der Waals surface area contributed by atoms with Crippen LogP contribution in [-0.2, 0) is 13.0 Å². The summed E-state index contributed by atoms with van der Waals surface area (Å²) >= 11 is 1.68. The molecule has 2 rings (SSSR count). The summed E-state index contributed by atoms with van der Waals surface area (Å²) in [7, 11) is 0. The zero-order valence-corrected chi connectivity index (χ0v) is 9.90. The van der Waals surface area contributed by atoms with Gasteiger partial charge >= 0.3 is 5.88 Å². The summed E-state index contributed by atoms with van der Waals surface area (Å²) in [6.07, 6.45) is 0.951. The van der Waals surface area contributed by atoms with Crippen LogP contribution >= 0.6 is 11.3 Å². The molecular weight excluding hydrogens is 240 g/mol. The smallest absolute Gasteiger partial charge is 0.404 e. The van der Waals surface area contributed by atoms with Crippen LogP contribution in [0.5, 0.6) is 0 Å². The number of rotatable bonds is 6. The van der Waals surface area contributed by atoms with Gasteiger partial charge in [-0.1, -0.05) is 0 Å². The largest absolute Gasteiger partial charge is 0.433 e. The van der Waals surface area contributed by atoms with Crippen molar-refractivity contribution < 1.29 is 9.34 Å². The van der Waals surface area contributed by atoms with Gasteiger partial charge in [-0.2, -0.15) is 11.3 Å². The van der Waals surface area contributed by atoms with Gasteiger partial charge in [0, 0.05) is 0 Å². The van der Waals surface area contributed by atoms with E-state index in [0.29, 0.717) is 12.3 Å². The van der Waals surface area contributed by atoms with E-state index in [1.54, 1.807) is 17.4 Å². The van der Waals surface area contributed by atoms with Gasteiger partial charge in [0.15, 0.2) is 0 Å². The molecule has 17 heavy (non-hydrogen) atoms. The summed E-state index contributed by atoms with van der Waals surface area (Å²) in [5, 5.41) is 17.7. The number of furan rings is 1. The maximum atomic E-state index is 10.4. The molecule has 0 atom stereocenters. The minimum absolute atomic E-state index is 0.209. The van der Waals surface area contributed by atoms with E-state index in [2.05, 4.69) is 16.8 Å². The Balaban J connectivity index is 1.72. The van der Waals surface area contributed by atoms with E-state index in [1.807, 2.05) is 5.38 Å². The fourth-order valence-electron chi connectivity index (χ4n) is 1.44. The number of hydrogen-bond donors (Lipinski definition) is 1. The molecule has 0 aliphatic heterocycles. The lowest BCUT2D eigenvalue weighted by molar-refractivity contribution is -0.402. The van der Waals surface area contributed by atoms with Crippen molar-refractivity contribution in [1.29, 1.82) is 0 Å². The van der Waals surface area contributed by atoms with Gasteiger partial charge in [0.2, 0.25) is 0 Å². The third-order valence-electron chi connectivity index (χ3n) is 2.30. The highest BCUT2D eigenvalue weighted by Crippen LogP contribution is 2.15. The Morgan fingerprint density at radius 2 is 2.29 bits per heavy atom. The fraction of sp³-hybridized carbons (Fsp3) is 0.273. The Morgan fingerprint density at radius 3 is 2.94 bits per heavy atom. The second-order valence-electron chi connectivity index (χ2n) is 3.56. The minimum Gasteiger partial charge on any atom is -0.404 e. The highest BCUT2D eigenvalue weighted by atomic mass is 32.1. The third-order valence-corrected chi connectivity index (χ3v) is 3.03. The van der Waals surface area contributed by atoms with E-state index in [9.17, 15) is 10.1 Å². The van der Waals surface area contributed by atoms with Crippen molar-refractivity contribution in [1.82, 2.24) is 5.32 Å². The molecule has 2 heterocycles. The molecule has 0 saturated heterocycles. The summed E-state index contributed by atoms with van der Waals surface area (Å²) in [6, 6.07) is 5.08. The van der Waals surface area contributed by atoms with E-state index in [0.717, 1.165) is 13.0 Å². The van der Waals surface area contributed by atoms with E-state index < -0.39 is 4.92 Å². The zero-order valence-electron chi connectivity index (χ0n) is 9.09. The zero-order chi connectivity index (χ0) is 12.1. The van der Waals surface area contributed by atoms with Gasteiger partial charge in [0.05, 0.1) is 12.6 Å². The molecular formula is C11H12N2O3S. The predicted molar refractivity (Wildman–Crippen MR) is 65.1 cm³/mol. The van der Waals surface area contributed by atoms with Crippen molar-refractivity contribution in [3.8, 4) is 0 Å². The molecule has 0 aliphatic carbocycles. The molecule has 0 saturated carbocycles. The molecule has 0 unspecified atom stereocenters. The number of nitro groups is 1. The molecule has 0 fully saturated rings. The summed E-state index contributed by atoms with van der Waals surface area (Å²) in [5.74, 6) is 0.377. The van der Waals surface area contributed by atoms with Gasteiger partial charge in [0.25, 0.3) is 0 Å². The standard InChI is InChI=1S/C11H12N2O3S/c14-13(15)11-2-1-10(16-11)7-12-5-3-9-4-6-17-8-9/h1-2,4,6,8,12H,3,5,7H2. The van der Waals surface area contributed by atoms with E-state index in [-0.39, 0.29) is 5.88 Å². The summed E-state index contributed by atoms with van der Waals surface area (Å²) < 4.78 is 5.02. The summed E-state index contributed by atoms with van der Waals surface area (Å²) in [5.41, 5.74) is 1.30. The van der Waals surface area contributed by atoms with Gasteiger partial charge in [-0.25, -0.2) is 0 Å². The molecule has 0 bridgehead atoms.